The molecular formula is C13H29IN4. The van der Waals surface area contributed by atoms with Crippen LogP contribution in [0.4, 0.5) is 0 Å². The molecule has 1 fully saturated rings. The molecule has 2 unspecified atom stereocenters. The number of nitrogens with one attached hydrogen (secondary N) is 1. The number of piperidine rings is 1. The molecule has 0 amide bonds. The maximum absolute atomic E-state index is 5.56. The van der Waals surface area contributed by atoms with E-state index in [1.807, 2.05) is 0 Å². The maximum Gasteiger partial charge on any atom is 0.188 e. The third-order valence-corrected chi connectivity index (χ3v) is 3.39. The van der Waals surface area contributed by atoms with Crippen LogP contribution in [0.25, 0.3) is 0 Å². The number of aliphatic imine (C=N–C) groups is 1. The van der Waals surface area contributed by atoms with Crippen molar-refractivity contribution in [1.29, 1.82) is 0 Å². The van der Waals surface area contributed by atoms with Crippen molar-refractivity contribution < 1.29 is 0 Å². The Hall–Kier alpha value is -0.0400. The molecule has 0 aromatic rings. The second-order valence-electron chi connectivity index (χ2n) is 5.45. The molecule has 1 rings (SSSR count). The predicted octanol–water partition coefficient (Wildman–Crippen LogP) is 1.90. The van der Waals surface area contributed by atoms with E-state index in [1.54, 1.807) is 7.05 Å². The van der Waals surface area contributed by atoms with E-state index in [0.717, 1.165) is 24.8 Å². The molecule has 1 aliphatic rings. The van der Waals surface area contributed by atoms with Gasteiger partial charge in [-0.25, -0.2) is 0 Å². The fourth-order valence-corrected chi connectivity index (χ4v) is 2.73. The number of rotatable bonds is 5. The zero-order chi connectivity index (χ0) is 12.7. The Bertz CT molecular complexity index is 235. The van der Waals surface area contributed by atoms with E-state index >= 15 is 0 Å². The van der Waals surface area contributed by atoms with Crippen LogP contribution in [0, 0.1) is 11.8 Å². The first-order valence-electron chi connectivity index (χ1n) is 6.80. The van der Waals surface area contributed by atoms with Gasteiger partial charge in [0.25, 0.3) is 0 Å². The van der Waals surface area contributed by atoms with Gasteiger partial charge in [-0.05, 0) is 37.6 Å². The van der Waals surface area contributed by atoms with E-state index in [0.29, 0.717) is 5.96 Å². The molecule has 18 heavy (non-hydrogen) atoms. The third kappa shape index (κ3) is 7.41. The van der Waals surface area contributed by atoms with Gasteiger partial charge >= 0.3 is 0 Å². The van der Waals surface area contributed by atoms with E-state index < -0.39 is 0 Å². The van der Waals surface area contributed by atoms with Gasteiger partial charge in [0, 0.05) is 26.7 Å². The Balaban J connectivity index is 0.00000289. The predicted molar refractivity (Wildman–Crippen MR) is 89.6 cm³/mol. The fourth-order valence-electron chi connectivity index (χ4n) is 2.73. The summed E-state index contributed by atoms with van der Waals surface area (Å²) in [5, 5.41) is 3.10. The number of hydrogen-bond acceptors (Lipinski definition) is 2. The second-order valence-corrected chi connectivity index (χ2v) is 5.45. The van der Waals surface area contributed by atoms with Crippen molar-refractivity contribution >= 4 is 29.9 Å². The van der Waals surface area contributed by atoms with E-state index in [2.05, 4.69) is 29.1 Å². The van der Waals surface area contributed by atoms with Gasteiger partial charge in [-0.1, -0.05) is 13.8 Å². The van der Waals surface area contributed by atoms with Crippen LogP contribution in [0.2, 0.25) is 0 Å². The van der Waals surface area contributed by atoms with Crippen LogP contribution >= 0.6 is 24.0 Å². The molecule has 5 heteroatoms. The van der Waals surface area contributed by atoms with Crippen molar-refractivity contribution in [2.45, 2.75) is 33.1 Å². The monoisotopic (exact) mass is 368 g/mol. The fraction of sp³-hybridized carbons (Fsp3) is 0.923. The highest BCUT2D eigenvalue weighted by Crippen LogP contribution is 2.20. The van der Waals surface area contributed by atoms with Gasteiger partial charge < -0.3 is 16.0 Å². The van der Waals surface area contributed by atoms with Crippen molar-refractivity contribution in [2.24, 2.45) is 22.6 Å². The molecule has 0 radical (unpaired) electrons. The first kappa shape index (κ1) is 18.0. The summed E-state index contributed by atoms with van der Waals surface area (Å²) >= 11 is 0. The first-order chi connectivity index (χ1) is 8.11. The number of halogens is 1. The Morgan fingerprint density at radius 2 is 1.89 bits per heavy atom. The minimum absolute atomic E-state index is 0. The Kier molecular flexibility index (Phi) is 9.81. The van der Waals surface area contributed by atoms with Crippen LogP contribution in [0.1, 0.15) is 33.1 Å². The van der Waals surface area contributed by atoms with Crippen LogP contribution in [0.5, 0.6) is 0 Å². The lowest BCUT2D eigenvalue weighted by atomic mass is 9.92. The van der Waals surface area contributed by atoms with E-state index in [4.69, 9.17) is 5.73 Å². The Morgan fingerprint density at radius 1 is 1.28 bits per heavy atom. The highest BCUT2D eigenvalue weighted by Gasteiger charge is 2.20. The minimum atomic E-state index is 0. The average molecular weight is 368 g/mol. The summed E-state index contributed by atoms with van der Waals surface area (Å²) in [6.45, 7) is 9.43. The summed E-state index contributed by atoms with van der Waals surface area (Å²) in [7, 11) is 1.71. The lowest BCUT2D eigenvalue weighted by molar-refractivity contribution is 0.139. The molecule has 0 saturated carbocycles. The molecule has 4 nitrogen and oxygen atoms in total. The standard InChI is InChI=1S/C13H28N4.HI/c1-11-8-12(2)10-17(9-11)7-5-4-6-16-13(14)15-3;/h11-12H,4-10H2,1-3H3,(H3,14,15,16);1H. The zero-order valence-corrected chi connectivity index (χ0v) is 14.3. The topological polar surface area (TPSA) is 53.6 Å². The normalized spacial score (nSPS) is 25.6. The Morgan fingerprint density at radius 3 is 2.44 bits per heavy atom. The molecule has 0 aromatic heterocycles. The van der Waals surface area contributed by atoms with Crippen molar-refractivity contribution in [3.8, 4) is 0 Å². The second kappa shape index (κ2) is 9.83. The lowest BCUT2D eigenvalue weighted by Gasteiger charge is -2.34. The number of unbranched alkanes of at least 4 members (excludes halogenated alkanes) is 1. The molecule has 0 aromatic carbocycles. The van der Waals surface area contributed by atoms with Gasteiger partial charge in [0.2, 0.25) is 0 Å². The molecule has 3 N–H and O–H groups in total. The minimum Gasteiger partial charge on any atom is -0.370 e. The van der Waals surface area contributed by atoms with Crippen molar-refractivity contribution in [3.05, 3.63) is 0 Å². The van der Waals surface area contributed by atoms with Crippen LogP contribution < -0.4 is 11.1 Å². The van der Waals surface area contributed by atoms with Crippen LogP contribution in [0.15, 0.2) is 4.99 Å². The molecule has 108 valence electrons. The van der Waals surface area contributed by atoms with Gasteiger partial charge in [0.1, 0.15) is 0 Å². The van der Waals surface area contributed by atoms with Gasteiger partial charge in [-0.2, -0.15) is 0 Å². The number of nitrogens with zero attached hydrogens (tertiary/aromatic N) is 2. The zero-order valence-electron chi connectivity index (χ0n) is 12.0. The van der Waals surface area contributed by atoms with Crippen molar-refractivity contribution in [2.75, 3.05) is 33.2 Å². The van der Waals surface area contributed by atoms with Crippen LogP contribution in [0.3, 0.4) is 0 Å². The highest BCUT2D eigenvalue weighted by atomic mass is 127. The number of nitrogens with two attached hydrogens (primary N) is 1. The quantitative estimate of drug-likeness (QED) is 0.337. The van der Waals surface area contributed by atoms with Gasteiger partial charge in [-0.3, -0.25) is 4.99 Å². The van der Waals surface area contributed by atoms with Crippen LogP contribution in [-0.4, -0.2) is 44.1 Å². The lowest BCUT2D eigenvalue weighted by Crippen LogP contribution is -2.39. The summed E-state index contributed by atoms with van der Waals surface area (Å²) in [6, 6.07) is 0. The number of guanidine groups is 1. The largest absolute Gasteiger partial charge is 0.370 e. The van der Waals surface area contributed by atoms with Crippen molar-refractivity contribution in [1.82, 2.24) is 10.2 Å². The molecule has 1 heterocycles. The Labute approximate surface area is 129 Å². The van der Waals surface area contributed by atoms with Gasteiger partial charge in [0.05, 0.1) is 0 Å². The molecule has 0 bridgehead atoms. The van der Waals surface area contributed by atoms with E-state index in [-0.39, 0.29) is 24.0 Å². The molecule has 1 saturated heterocycles. The number of hydrogen-bond donors (Lipinski definition) is 2. The average Bonchev–Trinajstić information content (AvgIpc) is 2.27. The molecule has 0 spiro atoms. The third-order valence-electron chi connectivity index (χ3n) is 3.39. The van der Waals surface area contributed by atoms with E-state index in [1.165, 1.54) is 32.5 Å². The summed E-state index contributed by atoms with van der Waals surface area (Å²) in [5.41, 5.74) is 5.56. The van der Waals surface area contributed by atoms with Gasteiger partial charge in [0.15, 0.2) is 5.96 Å². The summed E-state index contributed by atoms with van der Waals surface area (Å²) in [5.74, 6) is 2.27. The van der Waals surface area contributed by atoms with E-state index in [9.17, 15) is 0 Å². The SMILES string of the molecule is CN=C(N)NCCCCN1CC(C)CC(C)C1.I. The summed E-state index contributed by atoms with van der Waals surface area (Å²) in [4.78, 5) is 6.48. The summed E-state index contributed by atoms with van der Waals surface area (Å²) in [6.07, 6.45) is 3.79. The number of likely N-dealkylation sites (tertiary alicyclic amines) is 1. The van der Waals surface area contributed by atoms with Gasteiger partial charge in [-0.15, -0.1) is 24.0 Å². The smallest absolute Gasteiger partial charge is 0.188 e. The highest BCUT2D eigenvalue weighted by molar-refractivity contribution is 14.0. The molecule has 2 atom stereocenters. The maximum atomic E-state index is 5.56. The molecule has 0 aliphatic carbocycles. The summed E-state index contributed by atoms with van der Waals surface area (Å²) < 4.78 is 0. The van der Waals surface area contributed by atoms with Crippen LogP contribution in [-0.2, 0) is 0 Å². The molecular weight excluding hydrogens is 339 g/mol. The first-order valence-corrected chi connectivity index (χ1v) is 6.80. The van der Waals surface area contributed by atoms with Crippen molar-refractivity contribution in [3.63, 3.8) is 0 Å². The molecule has 1 aliphatic heterocycles.